The van der Waals surface area contributed by atoms with Gasteiger partial charge in [0.25, 0.3) is 0 Å². The molecule has 38 heavy (non-hydrogen) atoms. The number of ether oxygens (including phenoxy) is 1. The topological polar surface area (TPSA) is 59.5 Å². The second-order valence-corrected chi connectivity index (χ2v) is 11.5. The highest BCUT2D eigenvalue weighted by Crippen LogP contribution is 2.42. The van der Waals surface area contributed by atoms with Gasteiger partial charge in [0.15, 0.2) is 0 Å². The van der Waals surface area contributed by atoms with Crippen molar-refractivity contribution in [2.75, 3.05) is 19.7 Å². The van der Waals surface area contributed by atoms with Crippen molar-refractivity contribution in [3.05, 3.63) is 88.8 Å². The maximum Gasteiger partial charge on any atom is 0.330 e. The Morgan fingerprint density at radius 3 is 2.61 bits per heavy atom. The van der Waals surface area contributed by atoms with Gasteiger partial charge < -0.3 is 9.64 Å². The molecule has 1 fully saturated rings. The van der Waals surface area contributed by atoms with Crippen LogP contribution in [0.3, 0.4) is 0 Å². The fourth-order valence-corrected chi connectivity index (χ4v) is 5.41. The van der Waals surface area contributed by atoms with Crippen LogP contribution in [-0.4, -0.2) is 41.5 Å². The van der Waals surface area contributed by atoms with Crippen LogP contribution in [0.2, 0.25) is 0 Å². The molecule has 200 valence electrons. The van der Waals surface area contributed by atoms with Gasteiger partial charge in [0.1, 0.15) is 0 Å². The van der Waals surface area contributed by atoms with E-state index >= 15 is 0 Å². The molecule has 1 aromatic carbocycles. The third-order valence-electron chi connectivity index (χ3n) is 7.73. The molecule has 0 radical (unpaired) electrons. The molecule has 0 spiro atoms. The number of aromatic nitrogens is 1. The second kappa shape index (κ2) is 11.5. The first-order chi connectivity index (χ1) is 18.1. The first-order valence-electron chi connectivity index (χ1n) is 13.7. The molecule has 1 atom stereocenters. The number of likely N-dealkylation sites (tertiary alicyclic amines) is 1. The van der Waals surface area contributed by atoms with Crippen LogP contribution in [0, 0.1) is 18.3 Å². The molecule has 4 rings (SSSR count). The van der Waals surface area contributed by atoms with Crippen molar-refractivity contribution in [3.63, 3.8) is 0 Å². The zero-order chi connectivity index (χ0) is 27.4. The highest BCUT2D eigenvalue weighted by atomic mass is 16.5. The van der Waals surface area contributed by atoms with Crippen LogP contribution in [0.5, 0.6) is 0 Å². The van der Waals surface area contributed by atoms with Gasteiger partial charge in [0.05, 0.1) is 12.3 Å². The first-order valence-corrected chi connectivity index (χ1v) is 13.7. The number of nitrogens with zero attached hydrogens (tertiary/aromatic N) is 2. The van der Waals surface area contributed by atoms with Crippen molar-refractivity contribution in [1.82, 2.24) is 9.88 Å². The van der Waals surface area contributed by atoms with Crippen LogP contribution >= 0.6 is 0 Å². The van der Waals surface area contributed by atoms with Gasteiger partial charge in [-0.05, 0) is 79.4 Å². The fourth-order valence-electron chi connectivity index (χ4n) is 5.41. The van der Waals surface area contributed by atoms with Gasteiger partial charge in [0.2, 0.25) is 5.91 Å². The second-order valence-electron chi connectivity index (χ2n) is 11.5. The summed E-state index contributed by atoms with van der Waals surface area (Å²) in [4.78, 5) is 32.0. The minimum Gasteiger partial charge on any atom is -0.463 e. The number of esters is 1. The number of carbonyl (C=O) groups excluding carboxylic acids is 2. The number of allylic oxidation sites excluding steroid dienone is 2. The van der Waals surface area contributed by atoms with Gasteiger partial charge in [-0.2, -0.15) is 0 Å². The average molecular weight is 513 g/mol. The van der Waals surface area contributed by atoms with Crippen molar-refractivity contribution in [1.29, 1.82) is 0 Å². The van der Waals surface area contributed by atoms with E-state index in [1.807, 2.05) is 44.0 Å². The Labute approximate surface area is 227 Å². The zero-order valence-corrected chi connectivity index (χ0v) is 23.4. The van der Waals surface area contributed by atoms with Crippen LogP contribution in [-0.2, 0) is 14.3 Å². The molecule has 1 amide bonds. The number of hydrogen-bond donors (Lipinski definition) is 0. The molecule has 1 aromatic heterocycles. The Morgan fingerprint density at radius 1 is 1.18 bits per heavy atom. The number of pyridine rings is 1. The fraction of sp³-hybridized carbons (Fsp3) is 0.424. The quantitative estimate of drug-likeness (QED) is 0.318. The Hall–Kier alpha value is -3.47. The van der Waals surface area contributed by atoms with E-state index in [2.05, 4.69) is 43.8 Å². The van der Waals surface area contributed by atoms with E-state index in [1.165, 1.54) is 17.2 Å². The summed E-state index contributed by atoms with van der Waals surface area (Å²) in [5.41, 5.74) is 7.10. The SMILES string of the molecule is C=C(C(=O)N1CCC(CC2c3ccc(C)cc3C=C(/C=C/C(=O)OCC)c3cccnc32)CC1)C(C)(C)C. The number of benzene rings is 1. The summed E-state index contributed by atoms with van der Waals surface area (Å²) in [5, 5.41) is 0. The summed E-state index contributed by atoms with van der Waals surface area (Å²) >= 11 is 0. The normalized spacial score (nSPS) is 17.9. The molecule has 1 unspecified atom stereocenters. The molecule has 2 aromatic rings. The van der Waals surface area contributed by atoms with E-state index in [9.17, 15) is 9.59 Å². The first kappa shape index (κ1) is 27.6. The maximum atomic E-state index is 13.0. The smallest absolute Gasteiger partial charge is 0.330 e. The lowest BCUT2D eigenvalue weighted by Gasteiger charge is -2.36. The van der Waals surface area contributed by atoms with Crippen LogP contribution < -0.4 is 0 Å². The van der Waals surface area contributed by atoms with Crippen LogP contribution in [0.25, 0.3) is 11.6 Å². The monoisotopic (exact) mass is 512 g/mol. The number of fused-ring (bicyclic) bond motifs is 2. The molecule has 1 aliphatic heterocycles. The van der Waals surface area contributed by atoms with Gasteiger partial charge >= 0.3 is 5.97 Å². The number of hydrogen-bond acceptors (Lipinski definition) is 4. The predicted octanol–water partition coefficient (Wildman–Crippen LogP) is 6.73. The summed E-state index contributed by atoms with van der Waals surface area (Å²) in [5.74, 6) is 0.343. The standard InChI is InChI=1S/C33H40N2O3/c1-7-38-30(36)13-11-25-21-26-19-22(2)10-12-27(26)29(31-28(25)9-8-16-34-31)20-24-14-17-35(18-15-24)32(37)23(3)33(4,5)6/h8-13,16,19,21,24,29H,3,7,14-15,17-18,20H2,1-2,4-6H3/b13-11+. The van der Waals surface area contributed by atoms with Crippen molar-refractivity contribution in [2.24, 2.45) is 11.3 Å². The van der Waals surface area contributed by atoms with Crippen molar-refractivity contribution < 1.29 is 14.3 Å². The van der Waals surface area contributed by atoms with Gasteiger partial charge in [0, 0.05) is 42.4 Å². The van der Waals surface area contributed by atoms with Gasteiger partial charge in [-0.3, -0.25) is 9.78 Å². The Balaban J connectivity index is 1.61. The molecule has 1 aliphatic carbocycles. The molecule has 0 bridgehead atoms. The Morgan fingerprint density at radius 2 is 1.92 bits per heavy atom. The molecule has 5 nitrogen and oxygen atoms in total. The van der Waals surface area contributed by atoms with Crippen molar-refractivity contribution in [3.8, 4) is 0 Å². The third kappa shape index (κ3) is 6.15. The lowest BCUT2D eigenvalue weighted by molar-refractivity contribution is -0.137. The highest BCUT2D eigenvalue weighted by molar-refractivity contribution is 5.95. The molecule has 2 aliphatic rings. The van der Waals surface area contributed by atoms with Crippen LogP contribution in [0.4, 0.5) is 0 Å². The Kier molecular flexibility index (Phi) is 8.35. The minimum absolute atomic E-state index is 0.0838. The summed E-state index contributed by atoms with van der Waals surface area (Å²) in [6, 6.07) is 10.7. The molecular formula is C33H40N2O3. The van der Waals surface area contributed by atoms with Crippen LogP contribution in [0.15, 0.2) is 60.8 Å². The number of piperidine rings is 1. The van der Waals surface area contributed by atoms with E-state index in [0.717, 1.165) is 54.7 Å². The van der Waals surface area contributed by atoms with E-state index in [-0.39, 0.29) is 23.2 Å². The van der Waals surface area contributed by atoms with Gasteiger partial charge in [-0.1, -0.05) is 57.2 Å². The zero-order valence-electron chi connectivity index (χ0n) is 23.4. The van der Waals surface area contributed by atoms with E-state index < -0.39 is 0 Å². The maximum absolute atomic E-state index is 13.0. The van der Waals surface area contributed by atoms with E-state index in [4.69, 9.17) is 9.72 Å². The number of amides is 1. The Bertz CT molecular complexity index is 1270. The van der Waals surface area contributed by atoms with E-state index in [1.54, 1.807) is 6.92 Å². The van der Waals surface area contributed by atoms with Crippen molar-refractivity contribution in [2.45, 2.75) is 59.8 Å². The summed E-state index contributed by atoms with van der Waals surface area (Å²) in [7, 11) is 0. The van der Waals surface area contributed by atoms with Crippen LogP contribution in [0.1, 0.15) is 80.8 Å². The van der Waals surface area contributed by atoms with Crippen molar-refractivity contribution >= 4 is 23.5 Å². The summed E-state index contributed by atoms with van der Waals surface area (Å²) in [6.07, 6.45) is 10.3. The summed E-state index contributed by atoms with van der Waals surface area (Å²) < 4.78 is 5.12. The summed E-state index contributed by atoms with van der Waals surface area (Å²) in [6.45, 7) is 16.0. The molecule has 1 saturated heterocycles. The molecule has 5 heteroatoms. The number of rotatable bonds is 6. The lowest BCUT2D eigenvalue weighted by atomic mass is 9.79. The molecular weight excluding hydrogens is 472 g/mol. The molecule has 0 saturated carbocycles. The van der Waals surface area contributed by atoms with Gasteiger partial charge in [-0.25, -0.2) is 4.79 Å². The molecule has 0 N–H and O–H groups in total. The average Bonchev–Trinajstić information content (AvgIpc) is 3.01. The van der Waals surface area contributed by atoms with E-state index in [0.29, 0.717) is 18.1 Å². The highest BCUT2D eigenvalue weighted by Gasteiger charge is 2.32. The minimum atomic E-state index is -0.348. The largest absolute Gasteiger partial charge is 0.463 e. The lowest BCUT2D eigenvalue weighted by Crippen LogP contribution is -2.41. The molecule has 2 heterocycles. The number of carbonyl (C=O) groups is 2. The van der Waals surface area contributed by atoms with Gasteiger partial charge in [-0.15, -0.1) is 0 Å². The number of aryl methyl sites for hydroxylation is 1. The predicted molar refractivity (Wildman–Crippen MR) is 153 cm³/mol. The third-order valence-corrected chi connectivity index (χ3v) is 7.73.